The summed E-state index contributed by atoms with van der Waals surface area (Å²) in [5.41, 5.74) is 0. The SMILES string of the molecule is CCC(C)C(C(CC(=O)N1CCCC1C(OC)C(C)C(=S)NCC(=O)OC)OC)N(C)C(=O)CC(C)C. The van der Waals surface area contributed by atoms with E-state index in [1.807, 2.05) is 32.7 Å². The molecule has 1 fully saturated rings. The molecule has 10 heteroatoms. The quantitative estimate of drug-likeness (QED) is 0.249. The Kier molecular flexibility index (Phi) is 14.6. The number of methoxy groups -OCH3 is 3. The molecule has 37 heavy (non-hydrogen) atoms. The predicted octanol–water partition coefficient (Wildman–Crippen LogP) is 3.04. The van der Waals surface area contributed by atoms with Crippen LogP contribution in [0.4, 0.5) is 0 Å². The number of nitrogens with one attached hydrogen (secondary N) is 1. The molecule has 0 aromatic carbocycles. The first-order valence-electron chi connectivity index (χ1n) is 13.4. The smallest absolute Gasteiger partial charge is 0.325 e. The van der Waals surface area contributed by atoms with Crippen molar-refractivity contribution in [1.29, 1.82) is 0 Å². The molecule has 6 unspecified atom stereocenters. The molecule has 0 radical (unpaired) electrons. The van der Waals surface area contributed by atoms with E-state index in [1.54, 1.807) is 19.1 Å². The van der Waals surface area contributed by atoms with Crippen molar-refractivity contribution in [2.24, 2.45) is 17.8 Å². The number of carbonyl (C=O) groups is 3. The fourth-order valence-electron chi connectivity index (χ4n) is 5.21. The lowest BCUT2D eigenvalue weighted by atomic mass is 9.90. The first kappa shape index (κ1) is 33.2. The van der Waals surface area contributed by atoms with E-state index in [-0.39, 0.29) is 60.7 Å². The molecule has 1 rings (SSSR count). The third-order valence-corrected chi connectivity index (χ3v) is 8.04. The summed E-state index contributed by atoms with van der Waals surface area (Å²) in [5.74, 6) is -0.154. The standard InChI is InChI=1S/C27H49N3O6S/c1-10-18(4)25(29(6)22(31)14-17(2)3)21(34-7)15-23(32)30-13-11-12-20(30)26(36-9)19(5)27(37)28-16-24(33)35-8/h17-21,25-26H,10-16H2,1-9H3,(H,28,37). The Morgan fingerprint density at radius 1 is 1.08 bits per heavy atom. The van der Waals surface area contributed by atoms with Crippen molar-refractivity contribution in [3.8, 4) is 0 Å². The highest BCUT2D eigenvalue weighted by molar-refractivity contribution is 7.80. The highest BCUT2D eigenvalue weighted by atomic mass is 32.1. The van der Waals surface area contributed by atoms with E-state index >= 15 is 0 Å². The lowest BCUT2D eigenvalue weighted by Crippen LogP contribution is -2.53. The summed E-state index contributed by atoms with van der Waals surface area (Å²) < 4.78 is 16.4. The topological polar surface area (TPSA) is 97.4 Å². The van der Waals surface area contributed by atoms with Gasteiger partial charge in [0.15, 0.2) is 0 Å². The Morgan fingerprint density at radius 2 is 1.73 bits per heavy atom. The van der Waals surface area contributed by atoms with Gasteiger partial charge in [0.25, 0.3) is 0 Å². The Morgan fingerprint density at radius 3 is 2.24 bits per heavy atom. The largest absolute Gasteiger partial charge is 0.468 e. The minimum absolute atomic E-state index is 0.0149. The van der Waals surface area contributed by atoms with Crippen LogP contribution in [0.2, 0.25) is 0 Å². The molecule has 1 saturated heterocycles. The van der Waals surface area contributed by atoms with Gasteiger partial charge < -0.3 is 29.3 Å². The molecule has 6 atom stereocenters. The van der Waals surface area contributed by atoms with Crippen molar-refractivity contribution in [2.45, 2.75) is 91.0 Å². The number of rotatable bonds is 15. The number of esters is 1. The van der Waals surface area contributed by atoms with E-state index in [2.05, 4.69) is 23.9 Å². The summed E-state index contributed by atoms with van der Waals surface area (Å²) in [6, 6.07) is -0.358. The number of carbonyl (C=O) groups excluding carboxylic acids is 3. The second kappa shape index (κ2) is 16.2. The zero-order chi connectivity index (χ0) is 28.3. The van der Waals surface area contributed by atoms with Gasteiger partial charge in [0, 0.05) is 40.2 Å². The molecule has 0 bridgehead atoms. The second-order valence-electron chi connectivity index (χ2n) is 10.5. The predicted molar refractivity (Wildman–Crippen MR) is 148 cm³/mol. The molecule has 1 aliphatic rings. The molecule has 1 heterocycles. The summed E-state index contributed by atoms with van der Waals surface area (Å²) in [4.78, 5) is 42.2. The molecule has 0 aliphatic carbocycles. The first-order chi connectivity index (χ1) is 17.4. The molecule has 0 spiro atoms. The van der Waals surface area contributed by atoms with Crippen LogP contribution in [0, 0.1) is 17.8 Å². The summed E-state index contributed by atoms with van der Waals surface area (Å²) in [5, 5.41) is 2.94. The third-order valence-electron chi connectivity index (χ3n) is 7.52. The van der Waals surface area contributed by atoms with Gasteiger partial charge in [-0.05, 0) is 24.7 Å². The average molecular weight is 544 g/mol. The van der Waals surface area contributed by atoms with E-state index in [0.29, 0.717) is 18.0 Å². The molecule has 9 nitrogen and oxygen atoms in total. The van der Waals surface area contributed by atoms with Crippen LogP contribution in [-0.2, 0) is 28.6 Å². The number of ether oxygens (including phenoxy) is 3. The zero-order valence-corrected chi connectivity index (χ0v) is 25.1. The molecule has 2 amide bonds. The lowest BCUT2D eigenvalue weighted by Gasteiger charge is -2.39. The van der Waals surface area contributed by atoms with E-state index < -0.39 is 12.1 Å². The van der Waals surface area contributed by atoms with Gasteiger partial charge in [0.2, 0.25) is 11.8 Å². The number of thiocarbonyl (C=S) groups is 1. The molecule has 0 aromatic heterocycles. The van der Waals surface area contributed by atoms with Gasteiger partial charge in [0.1, 0.15) is 6.54 Å². The number of likely N-dealkylation sites (tertiary alicyclic amines) is 1. The molecule has 0 aromatic rings. The maximum atomic E-state index is 13.7. The lowest BCUT2D eigenvalue weighted by molar-refractivity contribution is -0.144. The number of amides is 2. The molecule has 0 saturated carbocycles. The van der Waals surface area contributed by atoms with Crippen LogP contribution in [0.15, 0.2) is 0 Å². The van der Waals surface area contributed by atoms with Crippen molar-refractivity contribution < 1.29 is 28.6 Å². The van der Waals surface area contributed by atoms with Gasteiger partial charge in [0.05, 0.1) is 42.8 Å². The summed E-state index contributed by atoms with van der Waals surface area (Å²) >= 11 is 5.51. The third kappa shape index (κ3) is 9.48. The van der Waals surface area contributed by atoms with E-state index in [9.17, 15) is 14.4 Å². The molecular weight excluding hydrogens is 494 g/mol. The minimum atomic E-state index is -0.425. The van der Waals surface area contributed by atoms with E-state index in [4.69, 9.17) is 21.7 Å². The normalized spacial score (nSPS) is 19.6. The van der Waals surface area contributed by atoms with Gasteiger partial charge in [-0.2, -0.15) is 0 Å². The van der Waals surface area contributed by atoms with Gasteiger partial charge in [-0.25, -0.2) is 0 Å². The van der Waals surface area contributed by atoms with Gasteiger partial charge in [-0.15, -0.1) is 0 Å². The summed E-state index contributed by atoms with van der Waals surface area (Å²) in [6.45, 7) is 10.8. The molecule has 1 aliphatic heterocycles. The van der Waals surface area contributed by atoms with Crippen molar-refractivity contribution in [3.05, 3.63) is 0 Å². The summed E-state index contributed by atoms with van der Waals surface area (Å²) in [7, 11) is 6.38. The van der Waals surface area contributed by atoms with Gasteiger partial charge in [-0.3, -0.25) is 14.4 Å². The van der Waals surface area contributed by atoms with Crippen LogP contribution >= 0.6 is 12.2 Å². The zero-order valence-electron chi connectivity index (χ0n) is 24.2. The Bertz CT molecular complexity index is 764. The highest BCUT2D eigenvalue weighted by Gasteiger charge is 2.41. The monoisotopic (exact) mass is 543 g/mol. The number of hydrogen-bond acceptors (Lipinski definition) is 7. The first-order valence-corrected chi connectivity index (χ1v) is 13.8. The van der Waals surface area contributed by atoms with Crippen LogP contribution in [-0.4, -0.2) is 98.3 Å². The Labute approximate surface area is 228 Å². The second-order valence-corrected chi connectivity index (χ2v) is 11.0. The number of likely N-dealkylation sites (N-methyl/N-ethyl adjacent to an activating group) is 1. The highest BCUT2D eigenvalue weighted by Crippen LogP contribution is 2.29. The van der Waals surface area contributed by atoms with E-state index in [0.717, 1.165) is 19.3 Å². The van der Waals surface area contributed by atoms with Crippen molar-refractivity contribution in [1.82, 2.24) is 15.1 Å². The average Bonchev–Trinajstić information content (AvgIpc) is 3.35. The molecule has 214 valence electrons. The summed E-state index contributed by atoms with van der Waals surface area (Å²) in [6.07, 6.45) is 2.41. The van der Waals surface area contributed by atoms with Crippen LogP contribution in [0.25, 0.3) is 0 Å². The minimum Gasteiger partial charge on any atom is -0.468 e. The number of nitrogens with zero attached hydrogens (tertiary/aromatic N) is 2. The molecular formula is C27H49N3O6S. The van der Waals surface area contributed by atoms with E-state index in [1.165, 1.54) is 7.11 Å². The van der Waals surface area contributed by atoms with Gasteiger partial charge >= 0.3 is 5.97 Å². The maximum absolute atomic E-state index is 13.7. The Hall–Kier alpha value is -1.78. The maximum Gasteiger partial charge on any atom is 0.325 e. The fourth-order valence-corrected chi connectivity index (χ4v) is 5.42. The van der Waals surface area contributed by atoms with Crippen LogP contribution in [0.1, 0.15) is 66.7 Å². The Balaban J connectivity index is 3.04. The van der Waals surface area contributed by atoms with Crippen molar-refractivity contribution in [2.75, 3.05) is 41.5 Å². The molecule has 1 N–H and O–H groups in total. The van der Waals surface area contributed by atoms with Crippen molar-refractivity contribution >= 4 is 35.0 Å². The van der Waals surface area contributed by atoms with Crippen molar-refractivity contribution in [3.63, 3.8) is 0 Å². The van der Waals surface area contributed by atoms with Crippen LogP contribution < -0.4 is 5.32 Å². The van der Waals surface area contributed by atoms with Crippen LogP contribution in [0.5, 0.6) is 0 Å². The number of hydrogen-bond donors (Lipinski definition) is 1. The van der Waals surface area contributed by atoms with Gasteiger partial charge in [-0.1, -0.05) is 53.3 Å². The fraction of sp³-hybridized carbons (Fsp3) is 0.852. The van der Waals surface area contributed by atoms with Crippen LogP contribution in [0.3, 0.4) is 0 Å².